The van der Waals surface area contributed by atoms with E-state index in [9.17, 15) is 0 Å². The maximum atomic E-state index is 5.45. The Kier molecular flexibility index (Phi) is 4.13. The van der Waals surface area contributed by atoms with E-state index in [1.165, 1.54) is 11.1 Å². The van der Waals surface area contributed by atoms with Gasteiger partial charge in [0.2, 0.25) is 6.79 Å². The quantitative estimate of drug-likeness (QED) is 0.754. The summed E-state index contributed by atoms with van der Waals surface area (Å²) in [7, 11) is 0. The van der Waals surface area contributed by atoms with Gasteiger partial charge in [-0.25, -0.2) is 0 Å². The molecule has 3 rings (SSSR count). The number of anilines is 1. The molecule has 0 bridgehead atoms. The van der Waals surface area contributed by atoms with Gasteiger partial charge in [-0.1, -0.05) is 6.07 Å². The number of hydrogen-bond donors (Lipinski definition) is 1. The van der Waals surface area contributed by atoms with Crippen molar-refractivity contribution in [3.05, 3.63) is 49.9 Å². The van der Waals surface area contributed by atoms with Crippen LogP contribution in [0.4, 0.5) is 5.69 Å². The third-order valence-electron chi connectivity index (χ3n) is 3.39. The van der Waals surface area contributed by atoms with Crippen molar-refractivity contribution in [3.63, 3.8) is 0 Å². The highest BCUT2D eigenvalue weighted by Gasteiger charge is 2.18. The van der Waals surface area contributed by atoms with E-state index in [0.29, 0.717) is 0 Å². The summed E-state index contributed by atoms with van der Waals surface area (Å²) in [5, 5.41) is 3.48. The minimum atomic E-state index is 0.285. The molecule has 21 heavy (non-hydrogen) atoms. The van der Waals surface area contributed by atoms with Crippen LogP contribution in [0.1, 0.15) is 16.7 Å². The Morgan fingerprint density at radius 3 is 2.62 bits per heavy atom. The predicted octanol–water partition coefficient (Wildman–Crippen LogP) is 5.17. The molecule has 0 saturated heterocycles. The second-order valence-electron chi connectivity index (χ2n) is 5.10. The molecule has 0 amide bonds. The smallest absolute Gasteiger partial charge is 0.231 e. The van der Waals surface area contributed by atoms with Crippen LogP contribution in [0.25, 0.3) is 0 Å². The van der Waals surface area contributed by atoms with Gasteiger partial charge in [0.25, 0.3) is 0 Å². The summed E-state index contributed by atoms with van der Waals surface area (Å²) >= 11 is 7.14. The van der Waals surface area contributed by atoms with Gasteiger partial charge in [-0.15, -0.1) is 0 Å². The average Bonchev–Trinajstić information content (AvgIpc) is 2.86. The summed E-state index contributed by atoms with van der Waals surface area (Å²) in [5.41, 5.74) is 4.73. The van der Waals surface area contributed by atoms with E-state index in [0.717, 1.165) is 38.2 Å². The Morgan fingerprint density at radius 1 is 1.05 bits per heavy atom. The van der Waals surface area contributed by atoms with Crippen molar-refractivity contribution in [2.75, 3.05) is 12.1 Å². The number of benzene rings is 2. The molecule has 0 unspecified atom stereocenters. The zero-order valence-electron chi connectivity index (χ0n) is 11.8. The average molecular weight is 413 g/mol. The molecule has 5 heteroatoms. The molecule has 2 aromatic rings. The van der Waals surface area contributed by atoms with E-state index in [2.05, 4.69) is 69.2 Å². The fraction of sp³-hybridized carbons (Fsp3) is 0.250. The Hall–Kier alpha value is -1.20. The molecule has 1 N–H and O–H groups in total. The molecule has 0 atom stereocenters. The first-order chi connectivity index (χ1) is 10.0. The van der Waals surface area contributed by atoms with Crippen molar-refractivity contribution in [2.45, 2.75) is 20.4 Å². The van der Waals surface area contributed by atoms with Crippen LogP contribution in [0.15, 0.2) is 33.2 Å². The summed E-state index contributed by atoms with van der Waals surface area (Å²) in [4.78, 5) is 0. The first-order valence-corrected chi connectivity index (χ1v) is 8.22. The fourth-order valence-corrected chi connectivity index (χ4v) is 3.87. The standard InChI is InChI=1S/C16H15Br2NO2/c1-9-3-10(2)15(12(17)4-9)19-7-11-5-13(18)16-14(6-11)20-8-21-16/h3-6,19H,7-8H2,1-2H3. The van der Waals surface area contributed by atoms with Gasteiger partial charge in [0, 0.05) is 11.0 Å². The summed E-state index contributed by atoms with van der Waals surface area (Å²) in [6.45, 7) is 5.21. The molecule has 0 radical (unpaired) electrons. The molecule has 2 aromatic carbocycles. The number of fused-ring (bicyclic) bond motifs is 1. The third kappa shape index (κ3) is 3.04. The van der Waals surface area contributed by atoms with Crippen LogP contribution in [-0.2, 0) is 6.54 Å². The lowest BCUT2D eigenvalue weighted by Crippen LogP contribution is -2.02. The fourth-order valence-electron chi connectivity index (χ4n) is 2.45. The molecule has 1 aliphatic rings. The topological polar surface area (TPSA) is 30.5 Å². The third-order valence-corrected chi connectivity index (χ3v) is 4.60. The summed E-state index contributed by atoms with van der Waals surface area (Å²) in [6, 6.07) is 8.35. The maximum absolute atomic E-state index is 5.45. The van der Waals surface area contributed by atoms with Crippen molar-refractivity contribution in [3.8, 4) is 11.5 Å². The van der Waals surface area contributed by atoms with Crippen LogP contribution in [0.2, 0.25) is 0 Å². The van der Waals surface area contributed by atoms with E-state index >= 15 is 0 Å². The number of aryl methyl sites for hydroxylation is 2. The van der Waals surface area contributed by atoms with Gasteiger partial charge >= 0.3 is 0 Å². The normalized spacial score (nSPS) is 12.6. The predicted molar refractivity (Wildman–Crippen MR) is 91.2 cm³/mol. The van der Waals surface area contributed by atoms with Gasteiger partial charge in [0.15, 0.2) is 11.5 Å². The Bertz CT molecular complexity index is 678. The highest BCUT2D eigenvalue weighted by atomic mass is 79.9. The second kappa shape index (κ2) is 5.89. The molecule has 0 saturated carbocycles. The molecule has 1 heterocycles. The largest absolute Gasteiger partial charge is 0.454 e. The molecule has 1 aliphatic heterocycles. The van der Waals surface area contributed by atoms with Crippen molar-refractivity contribution < 1.29 is 9.47 Å². The molecule has 0 aromatic heterocycles. The second-order valence-corrected chi connectivity index (χ2v) is 6.81. The van der Waals surface area contributed by atoms with Gasteiger partial charge in [-0.2, -0.15) is 0 Å². The zero-order chi connectivity index (χ0) is 15.0. The van der Waals surface area contributed by atoms with E-state index in [-0.39, 0.29) is 6.79 Å². The monoisotopic (exact) mass is 411 g/mol. The molecule has 110 valence electrons. The molecular formula is C16H15Br2NO2. The minimum absolute atomic E-state index is 0.285. The van der Waals surface area contributed by atoms with Crippen molar-refractivity contribution in [1.29, 1.82) is 0 Å². The lowest BCUT2D eigenvalue weighted by molar-refractivity contribution is 0.173. The number of ether oxygens (including phenoxy) is 2. The van der Waals surface area contributed by atoms with E-state index in [1.54, 1.807) is 0 Å². The maximum Gasteiger partial charge on any atom is 0.231 e. The summed E-state index contributed by atoms with van der Waals surface area (Å²) in [5.74, 6) is 1.58. The zero-order valence-corrected chi connectivity index (χ0v) is 15.0. The Morgan fingerprint density at radius 2 is 1.86 bits per heavy atom. The first kappa shape index (κ1) is 14.7. The van der Waals surface area contributed by atoms with E-state index in [4.69, 9.17) is 9.47 Å². The molecule has 0 aliphatic carbocycles. The van der Waals surface area contributed by atoms with Gasteiger partial charge in [0.05, 0.1) is 10.2 Å². The minimum Gasteiger partial charge on any atom is -0.454 e. The van der Waals surface area contributed by atoms with E-state index < -0.39 is 0 Å². The van der Waals surface area contributed by atoms with Crippen LogP contribution >= 0.6 is 31.9 Å². The van der Waals surface area contributed by atoms with Crippen LogP contribution in [0.3, 0.4) is 0 Å². The summed E-state index contributed by atoms with van der Waals surface area (Å²) < 4.78 is 12.9. The molecule has 0 fully saturated rings. The first-order valence-electron chi connectivity index (χ1n) is 6.63. The number of halogens is 2. The summed E-state index contributed by atoms with van der Waals surface area (Å²) in [6.07, 6.45) is 0. The van der Waals surface area contributed by atoms with Crippen LogP contribution in [-0.4, -0.2) is 6.79 Å². The van der Waals surface area contributed by atoms with Gasteiger partial charge in [-0.3, -0.25) is 0 Å². The van der Waals surface area contributed by atoms with Gasteiger partial charge in [-0.05, 0) is 80.6 Å². The Labute approximate surface area is 140 Å². The van der Waals surface area contributed by atoms with Crippen molar-refractivity contribution >= 4 is 37.5 Å². The van der Waals surface area contributed by atoms with Crippen molar-refractivity contribution in [1.82, 2.24) is 0 Å². The number of rotatable bonds is 3. The highest BCUT2D eigenvalue weighted by Crippen LogP contribution is 2.40. The Balaban J connectivity index is 1.81. The van der Waals surface area contributed by atoms with E-state index in [1.807, 2.05) is 6.07 Å². The van der Waals surface area contributed by atoms with Crippen LogP contribution in [0.5, 0.6) is 11.5 Å². The lowest BCUT2D eigenvalue weighted by atomic mass is 10.1. The molecule has 3 nitrogen and oxygen atoms in total. The number of nitrogens with one attached hydrogen (secondary N) is 1. The molecular weight excluding hydrogens is 398 g/mol. The lowest BCUT2D eigenvalue weighted by Gasteiger charge is -2.13. The van der Waals surface area contributed by atoms with Gasteiger partial charge < -0.3 is 14.8 Å². The number of hydrogen-bond acceptors (Lipinski definition) is 3. The van der Waals surface area contributed by atoms with Crippen LogP contribution < -0.4 is 14.8 Å². The molecule has 0 spiro atoms. The highest BCUT2D eigenvalue weighted by molar-refractivity contribution is 9.11. The van der Waals surface area contributed by atoms with Crippen LogP contribution in [0, 0.1) is 13.8 Å². The van der Waals surface area contributed by atoms with Gasteiger partial charge in [0.1, 0.15) is 0 Å². The SMILES string of the molecule is Cc1cc(C)c(NCc2cc(Br)c3c(c2)OCO3)c(Br)c1. The van der Waals surface area contributed by atoms with Crippen molar-refractivity contribution in [2.24, 2.45) is 0 Å².